The van der Waals surface area contributed by atoms with Gasteiger partial charge in [0.15, 0.2) is 0 Å². The van der Waals surface area contributed by atoms with Gasteiger partial charge in [-0.15, -0.1) is 0 Å². The lowest BCUT2D eigenvalue weighted by molar-refractivity contribution is 0.480. The van der Waals surface area contributed by atoms with Gasteiger partial charge in [0.2, 0.25) is 0 Å². The Kier molecular flexibility index (Phi) is 7.23. The second kappa shape index (κ2) is 7.30. The number of hydrogen-bond acceptors (Lipinski definition) is 3. The molecule has 6 N–H and O–H groups in total. The van der Waals surface area contributed by atoms with E-state index in [1.54, 1.807) is 0 Å². The highest BCUT2D eigenvalue weighted by Crippen LogP contribution is 2.06. The zero-order chi connectivity index (χ0) is 10.3. The van der Waals surface area contributed by atoms with Crippen molar-refractivity contribution >= 4 is 0 Å². The Morgan fingerprint density at radius 1 is 0.769 bits per heavy atom. The van der Waals surface area contributed by atoms with E-state index in [4.69, 9.17) is 17.2 Å². The van der Waals surface area contributed by atoms with Crippen LogP contribution in [0.25, 0.3) is 0 Å². The van der Waals surface area contributed by atoms with Crippen molar-refractivity contribution in [3.05, 3.63) is 0 Å². The van der Waals surface area contributed by atoms with Crippen LogP contribution in [-0.2, 0) is 0 Å². The van der Waals surface area contributed by atoms with Crippen molar-refractivity contribution in [2.45, 2.75) is 64.1 Å². The topological polar surface area (TPSA) is 78.1 Å². The molecule has 0 saturated carbocycles. The van der Waals surface area contributed by atoms with E-state index >= 15 is 0 Å². The molecule has 3 nitrogen and oxygen atoms in total. The van der Waals surface area contributed by atoms with E-state index in [1.165, 1.54) is 0 Å². The van der Waals surface area contributed by atoms with Crippen LogP contribution in [0.15, 0.2) is 0 Å². The van der Waals surface area contributed by atoms with Crippen LogP contribution in [0.1, 0.15) is 46.0 Å². The second-order valence-electron chi connectivity index (χ2n) is 4.22. The predicted molar refractivity (Wildman–Crippen MR) is 58.4 cm³/mol. The first kappa shape index (κ1) is 12.9. The lowest BCUT2D eigenvalue weighted by Crippen LogP contribution is -2.25. The second-order valence-corrected chi connectivity index (χ2v) is 4.22. The fourth-order valence-electron chi connectivity index (χ4n) is 1.32. The third-order valence-electron chi connectivity index (χ3n) is 2.23. The van der Waals surface area contributed by atoms with E-state index in [1.807, 2.05) is 13.8 Å². The molecule has 0 saturated heterocycles. The summed E-state index contributed by atoms with van der Waals surface area (Å²) in [6.45, 7) is 4.06. The molecule has 0 rings (SSSR count). The average Bonchev–Trinajstić information content (AvgIpc) is 2.00. The van der Waals surface area contributed by atoms with E-state index in [0.717, 1.165) is 32.1 Å². The summed E-state index contributed by atoms with van der Waals surface area (Å²) in [5, 5.41) is 0. The highest BCUT2D eigenvalue weighted by Gasteiger charge is 2.04. The molecular weight excluding hydrogens is 162 g/mol. The average molecular weight is 187 g/mol. The van der Waals surface area contributed by atoms with Gasteiger partial charge in [-0.25, -0.2) is 0 Å². The molecule has 0 radical (unpaired) electrons. The number of rotatable bonds is 7. The fourth-order valence-corrected chi connectivity index (χ4v) is 1.32. The van der Waals surface area contributed by atoms with E-state index in [0.29, 0.717) is 12.1 Å². The summed E-state index contributed by atoms with van der Waals surface area (Å²) in [6.07, 6.45) is 5.36. The SMILES string of the molecule is CC(N)CCCC(N)CCC(C)N. The minimum Gasteiger partial charge on any atom is -0.328 e. The molecule has 0 spiro atoms. The molecule has 0 aromatic rings. The van der Waals surface area contributed by atoms with E-state index in [-0.39, 0.29) is 6.04 Å². The van der Waals surface area contributed by atoms with Crippen molar-refractivity contribution in [1.29, 1.82) is 0 Å². The quantitative estimate of drug-likeness (QED) is 0.555. The molecule has 0 aliphatic heterocycles. The number of hydrogen-bond donors (Lipinski definition) is 3. The Bertz CT molecular complexity index is 113. The largest absolute Gasteiger partial charge is 0.328 e. The molecule has 13 heavy (non-hydrogen) atoms. The first-order valence-electron chi connectivity index (χ1n) is 5.29. The van der Waals surface area contributed by atoms with E-state index in [9.17, 15) is 0 Å². The van der Waals surface area contributed by atoms with Crippen molar-refractivity contribution in [3.8, 4) is 0 Å². The number of nitrogens with two attached hydrogens (primary N) is 3. The van der Waals surface area contributed by atoms with Gasteiger partial charge in [0.25, 0.3) is 0 Å². The van der Waals surface area contributed by atoms with Gasteiger partial charge in [0, 0.05) is 18.1 Å². The first-order valence-corrected chi connectivity index (χ1v) is 5.29. The van der Waals surface area contributed by atoms with Crippen LogP contribution in [0, 0.1) is 0 Å². The Morgan fingerprint density at radius 3 is 1.77 bits per heavy atom. The van der Waals surface area contributed by atoms with E-state index < -0.39 is 0 Å². The molecule has 0 bridgehead atoms. The summed E-state index contributed by atoms with van der Waals surface area (Å²) in [7, 11) is 0. The van der Waals surface area contributed by atoms with Crippen molar-refractivity contribution < 1.29 is 0 Å². The van der Waals surface area contributed by atoms with Gasteiger partial charge in [-0.05, 0) is 39.5 Å². The molecule has 0 aliphatic rings. The summed E-state index contributed by atoms with van der Waals surface area (Å²) in [4.78, 5) is 0. The lowest BCUT2D eigenvalue weighted by Gasteiger charge is -2.13. The van der Waals surface area contributed by atoms with Crippen LogP contribution in [0.3, 0.4) is 0 Å². The predicted octanol–water partition coefficient (Wildman–Crippen LogP) is 0.959. The van der Waals surface area contributed by atoms with Crippen LogP contribution in [0.2, 0.25) is 0 Å². The van der Waals surface area contributed by atoms with Gasteiger partial charge < -0.3 is 17.2 Å². The maximum atomic E-state index is 5.91. The van der Waals surface area contributed by atoms with Crippen LogP contribution >= 0.6 is 0 Å². The highest BCUT2D eigenvalue weighted by atomic mass is 14.6. The zero-order valence-corrected chi connectivity index (χ0v) is 9.00. The molecule has 0 aromatic heterocycles. The van der Waals surface area contributed by atoms with Gasteiger partial charge in [0.05, 0.1) is 0 Å². The van der Waals surface area contributed by atoms with Crippen molar-refractivity contribution in [1.82, 2.24) is 0 Å². The molecule has 0 aliphatic carbocycles. The van der Waals surface area contributed by atoms with Crippen molar-refractivity contribution in [3.63, 3.8) is 0 Å². The summed E-state index contributed by atoms with van der Waals surface area (Å²) >= 11 is 0. The normalized spacial score (nSPS) is 18.2. The minimum absolute atomic E-state index is 0.277. The molecule has 80 valence electrons. The summed E-state index contributed by atoms with van der Waals surface area (Å²) in [5.74, 6) is 0. The molecule has 3 unspecified atom stereocenters. The molecule has 3 heteroatoms. The van der Waals surface area contributed by atoms with Gasteiger partial charge in [-0.1, -0.05) is 6.42 Å². The molecule has 3 atom stereocenters. The van der Waals surface area contributed by atoms with E-state index in [2.05, 4.69) is 0 Å². The Labute approximate surface area is 82.0 Å². The first-order chi connectivity index (χ1) is 6.02. The third-order valence-corrected chi connectivity index (χ3v) is 2.23. The highest BCUT2D eigenvalue weighted by molar-refractivity contribution is 4.66. The smallest absolute Gasteiger partial charge is 0.00394 e. The fraction of sp³-hybridized carbons (Fsp3) is 1.00. The zero-order valence-electron chi connectivity index (χ0n) is 9.00. The molecule has 0 amide bonds. The van der Waals surface area contributed by atoms with Crippen molar-refractivity contribution in [2.24, 2.45) is 17.2 Å². The Balaban J connectivity index is 3.25. The van der Waals surface area contributed by atoms with Crippen LogP contribution in [0.4, 0.5) is 0 Å². The van der Waals surface area contributed by atoms with Gasteiger partial charge in [0.1, 0.15) is 0 Å². The van der Waals surface area contributed by atoms with Gasteiger partial charge >= 0.3 is 0 Å². The Morgan fingerprint density at radius 2 is 1.31 bits per heavy atom. The van der Waals surface area contributed by atoms with Crippen LogP contribution in [0.5, 0.6) is 0 Å². The minimum atomic E-state index is 0.277. The molecule has 0 heterocycles. The molecule has 0 aromatic carbocycles. The van der Waals surface area contributed by atoms with Crippen LogP contribution < -0.4 is 17.2 Å². The van der Waals surface area contributed by atoms with Crippen LogP contribution in [-0.4, -0.2) is 18.1 Å². The third kappa shape index (κ3) is 9.80. The van der Waals surface area contributed by atoms with Gasteiger partial charge in [-0.3, -0.25) is 0 Å². The molecular formula is C10H25N3. The van der Waals surface area contributed by atoms with Crippen molar-refractivity contribution in [2.75, 3.05) is 0 Å². The Hall–Kier alpha value is -0.120. The summed E-state index contributed by atoms with van der Waals surface area (Å²) in [5.41, 5.74) is 17.2. The maximum absolute atomic E-state index is 5.91. The maximum Gasteiger partial charge on any atom is 0.00394 e. The lowest BCUT2D eigenvalue weighted by atomic mass is 10.0. The van der Waals surface area contributed by atoms with Gasteiger partial charge in [-0.2, -0.15) is 0 Å². The monoisotopic (exact) mass is 187 g/mol. The standard InChI is InChI=1S/C10H25N3/c1-8(11)4-3-5-10(13)7-6-9(2)12/h8-10H,3-7,11-13H2,1-2H3. The summed E-state index contributed by atoms with van der Waals surface area (Å²) in [6, 6.07) is 0.893. The summed E-state index contributed by atoms with van der Waals surface area (Å²) < 4.78 is 0. The molecule has 0 fully saturated rings.